The molecule has 1 saturated heterocycles. The standard InChI is InChI=1S/C11H13N/c1-2-5-11(6-3-1)7-4-8-12-9-10-12/h1-7H,8-10H2. The zero-order valence-corrected chi connectivity index (χ0v) is 7.11. The first-order valence-electron chi connectivity index (χ1n) is 4.39. The Hall–Kier alpha value is -1.08. The van der Waals surface area contributed by atoms with E-state index < -0.39 is 0 Å². The Balaban J connectivity index is 1.89. The first-order valence-corrected chi connectivity index (χ1v) is 4.39. The predicted molar refractivity (Wildman–Crippen MR) is 51.9 cm³/mol. The number of rotatable bonds is 3. The topological polar surface area (TPSA) is 3.01 Å². The van der Waals surface area contributed by atoms with Gasteiger partial charge in [-0.2, -0.15) is 0 Å². The van der Waals surface area contributed by atoms with Crippen molar-refractivity contribution < 1.29 is 0 Å². The fourth-order valence-electron chi connectivity index (χ4n) is 1.16. The van der Waals surface area contributed by atoms with Gasteiger partial charge in [-0.3, -0.25) is 4.90 Å². The first-order chi connectivity index (χ1) is 5.95. The van der Waals surface area contributed by atoms with E-state index in [0.717, 1.165) is 6.54 Å². The quantitative estimate of drug-likeness (QED) is 0.610. The summed E-state index contributed by atoms with van der Waals surface area (Å²) in [4.78, 5) is 2.39. The van der Waals surface area contributed by atoms with Crippen molar-refractivity contribution in [3.63, 3.8) is 0 Å². The highest BCUT2D eigenvalue weighted by Gasteiger charge is 2.13. The van der Waals surface area contributed by atoms with Crippen LogP contribution in [0.5, 0.6) is 0 Å². The molecule has 0 saturated carbocycles. The molecule has 2 rings (SSSR count). The Morgan fingerprint density at radius 3 is 2.58 bits per heavy atom. The van der Waals surface area contributed by atoms with Crippen molar-refractivity contribution in [2.24, 2.45) is 0 Å². The Kier molecular flexibility index (Phi) is 2.23. The molecule has 0 bridgehead atoms. The Morgan fingerprint density at radius 2 is 1.92 bits per heavy atom. The van der Waals surface area contributed by atoms with Crippen LogP contribution in [0, 0.1) is 0 Å². The molecule has 1 aliphatic heterocycles. The van der Waals surface area contributed by atoms with Crippen LogP contribution < -0.4 is 0 Å². The van der Waals surface area contributed by atoms with Crippen LogP contribution in [0.2, 0.25) is 0 Å². The lowest BCUT2D eigenvalue weighted by Gasteiger charge is -1.92. The molecule has 0 atom stereocenters. The fourth-order valence-corrected chi connectivity index (χ4v) is 1.16. The molecule has 1 aromatic carbocycles. The predicted octanol–water partition coefficient (Wildman–Crippen LogP) is 2.02. The summed E-state index contributed by atoms with van der Waals surface area (Å²) in [6.45, 7) is 3.66. The molecule has 1 aliphatic rings. The molecule has 1 heteroatoms. The summed E-state index contributed by atoms with van der Waals surface area (Å²) < 4.78 is 0. The second kappa shape index (κ2) is 3.55. The largest absolute Gasteiger partial charge is 0.297 e. The molecule has 0 amide bonds. The van der Waals surface area contributed by atoms with Crippen LogP contribution in [0.3, 0.4) is 0 Å². The van der Waals surface area contributed by atoms with E-state index >= 15 is 0 Å². The molecule has 1 fully saturated rings. The molecular formula is C11H13N. The van der Waals surface area contributed by atoms with Crippen LogP contribution in [0.1, 0.15) is 5.56 Å². The van der Waals surface area contributed by atoms with E-state index in [-0.39, 0.29) is 0 Å². The molecule has 0 aromatic heterocycles. The highest BCUT2D eigenvalue weighted by atomic mass is 15.2. The molecule has 0 radical (unpaired) electrons. The van der Waals surface area contributed by atoms with E-state index in [2.05, 4.69) is 41.3 Å². The summed E-state index contributed by atoms with van der Waals surface area (Å²) in [5.74, 6) is 0. The van der Waals surface area contributed by atoms with Gasteiger partial charge in [0.2, 0.25) is 0 Å². The van der Waals surface area contributed by atoms with Crippen molar-refractivity contribution >= 4 is 6.08 Å². The van der Waals surface area contributed by atoms with E-state index in [0.29, 0.717) is 0 Å². The van der Waals surface area contributed by atoms with Crippen LogP contribution >= 0.6 is 0 Å². The lowest BCUT2D eigenvalue weighted by atomic mass is 10.2. The maximum Gasteiger partial charge on any atom is 0.0167 e. The zero-order valence-electron chi connectivity index (χ0n) is 7.11. The first kappa shape index (κ1) is 7.56. The number of benzene rings is 1. The maximum absolute atomic E-state index is 2.39. The van der Waals surface area contributed by atoms with E-state index in [1.807, 2.05) is 6.07 Å². The molecule has 0 aliphatic carbocycles. The Morgan fingerprint density at radius 1 is 1.17 bits per heavy atom. The molecule has 12 heavy (non-hydrogen) atoms. The minimum atomic E-state index is 1.11. The molecule has 1 heterocycles. The van der Waals surface area contributed by atoms with Crippen molar-refractivity contribution in [3.8, 4) is 0 Å². The average molecular weight is 159 g/mol. The van der Waals surface area contributed by atoms with E-state index in [9.17, 15) is 0 Å². The van der Waals surface area contributed by atoms with Crippen molar-refractivity contribution in [1.29, 1.82) is 0 Å². The maximum atomic E-state index is 2.39. The van der Waals surface area contributed by atoms with Gasteiger partial charge in [0.15, 0.2) is 0 Å². The van der Waals surface area contributed by atoms with Gasteiger partial charge in [0.25, 0.3) is 0 Å². The smallest absolute Gasteiger partial charge is 0.0167 e. The van der Waals surface area contributed by atoms with Crippen molar-refractivity contribution in [1.82, 2.24) is 4.90 Å². The average Bonchev–Trinajstić information content (AvgIpc) is 2.90. The van der Waals surface area contributed by atoms with Gasteiger partial charge < -0.3 is 0 Å². The number of hydrogen-bond acceptors (Lipinski definition) is 1. The second-order valence-electron chi connectivity index (χ2n) is 3.11. The molecule has 0 spiro atoms. The monoisotopic (exact) mass is 159 g/mol. The van der Waals surface area contributed by atoms with Gasteiger partial charge in [-0.15, -0.1) is 0 Å². The molecule has 1 nitrogen and oxygen atoms in total. The Labute approximate surface area is 73.3 Å². The van der Waals surface area contributed by atoms with Crippen LogP contribution in [-0.4, -0.2) is 24.5 Å². The van der Waals surface area contributed by atoms with Crippen molar-refractivity contribution in [3.05, 3.63) is 42.0 Å². The normalized spacial score (nSPS) is 17.0. The van der Waals surface area contributed by atoms with Crippen LogP contribution in [0.15, 0.2) is 36.4 Å². The summed E-state index contributed by atoms with van der Waals surface area (Å²) >= 11 is 0. The lowest BCUT2D eigenvalue weighted by Crippen LogP contribution is -1.93. The molecular weight excluding hydrogens is 146 g/mol. The molecule has 0 unspecified atom stereocenters. The summed E-state index contributed by atoms with van der Waals surface area (Å²) in [7, 11) is 0. The van der Waals surface area contributed by atoms with Gasteiger partial charge in [-0.1, -0.05) is 42.5 Å². The van der Waals surface area contributed by atoms with Crippen molar-refractivity contribution in [2.45, 2.75) is 0 Å². The van der Waals surface area contributed by atoms with Crippen molar-refractivity contribution in [2.75, 3.05) is 19.6 Å². The van der Waals surface area contributed by atoms with Gasteiger partial charge in [0.05, 0.1) is 0 Å². The lowest BCUT2D eigenvalue weighted by molar-refractivity contribution is 0.630. The number of nitrogens with zero attached hydrogens (tertiary/aromatic N) is 1. The van der Waals surface area contributed by atoms with Gasteiger partial charge in [-0.05, 0) is 5.56 Å². The summed E-state index contributed by atoms with van der Waals surface area (Å²) in [5.41, 5.74) is 1.29. The second-order valence-corrected chi connectivity index (χ2v) is 3.11. The highest BCUT2D eigenvalue weighted by molar-refractivity contribution is 5.48. The summed E-state index contributed by atoms with van der Waals surface area (Å²) in [6, 6.07) is 10.4. The van der Waals surface area contributed by atoms with Gasteiger partial charge in [0, 0.05) is 19.6 Å². The Bertz CT molecular complexity index is 260. The molecule has 1 aromatic rings. The highest BCUT2D eigenvalue weighted by Crippen LogP contribution is 2.05. The van der Waals surface area contributed by atoms with E-state index in [4.69, 9.17) is 0 Å². The SMILES string of the molecule is C(=Cc1ccccc1)CN1CC1. The van der Waals surface area contributed by atoms with E-state index in [1.165, 1.54) is 18.7 Å². The third-order valence-electron chi connectivity index (χ3n) is 2.01. The van der Waals surface area contributed by atoms with Gasteiger partial charge in [0.1, 0.15) is 0 Å². The molecule has 62 valence electrons. The zero-order chi connectivity index (χ0) is 8.23. The van der Waals surface area contributed by atoms with E-state index in [1.54, 1.807) is 0 Å². The summed E-state index contributed by atoms with van der Waals surface area (Å²) in [6.07, 6.45) is 4.40. The summed E-state index contributed by atoms with van der Waals surface area (Å²) in [5, 5.41) is 0. The number of hydrogen-bond donors (Lipinski definition) is 0. The van der Waals surface area contributed by atoms with Crippen LogP contribution in [-0.2, 0) is 0 Å². The molecule has 0 N–H and O–H groups in total. The minimum absolute atomic E-state index is 1.11. The van der Waals surface area contributed by atoms with Gasteiger partial charge >= 0.3 is 0 Å². The third-order valence-corrected chi connectivity index (χ3v) is 2.01. The van der Waals surface area contributed by atoms with Gasteiger partial charge in [-0.25, -0.2) is 0 Å². The minimum Gasteiger partial charge on any atom is -0.297 e. The fraction of sp³-hybridized carbons (Fsp3) is 0.273. The van der Waals surface area contributed by atoms with Crippen LogP contribution in [0.4, 0.5) is 0 Å². The van der Waals surface area contributed by atoms with Crippen LogP contribution in [0.25, 0.3) is 6.08 Å². The third kappa shape index (κ3) is 2.21.